The van der Waals surface area contributed by atoms with E-state index in [0.29, 0.717) is 5.75 Å². The van der Waals surface area contributed by atoms with Crippen molar-refractivity contribution in [3.63, 3.8) is 0 Å². The first-order valence-electron chi connectivity index (χ1n) is 7.97. The van der Waals surface area contributed by atoms with Gasteiger partial charge in [0.15, 0.2) is 0 Å². The molecule has 1 aliphatic heterocycles. The molecule has 1 fully saturated rings. The van der Waals surface area contributed by atoms with E-state index in [9.17, 15) is 22.8 Å². The van der Waals surface area contributed by atoms with Crippen LogP contribution < -0.4 is 10.1 Å². The Morgan fingerprint density at radius 2 is 1.88 bits per heavy atom. The van der Waals surface area contributed by atoms with Crippen LogP contribution in [0.3, 0.4) is 0 Å². The zero-order valence-corrected chi connectivity index (χ0v) is 14.1. The van der Waals surface area contributed by atoms with Crippen LogP contribution in [0.5, 0.6) is 5.75 Å². The monoisotopic (exact) mass is 358 g/mol. The van der Waals surface area contributed by atoms with Crippen molar-refractivity contribution in [2.24, 2.45) is 0 Å². The number of benzene rings is 1. The molecule has 8 heteroatoms. The van der Waals surface area contributed by atoms with Crippen LogP contribution in [0.2, 0.25) is 0 Å². The van der Waals surface area contributed by atoms with E-state index in [2.05, 4.69) is 5.32 Å². The molecular formula is C17H21F3N2O3. The molecule has 2 unspecified atom stereocenters. The van der Waals surface area contributed by atoms with Crippen LogP contribution in [0.15, 0.2) is 24.3 Å². The number of ether oxygens (including phenoxy) is 1. The summed E-state index contributed by atoms with van der Waals surface area (Å²) < 4.78 is 44.0. The molecule has 0 aliphatic carbocycles. The molecule has 1 N–H and O–H groups in total. The van der Waals surface area contributed by atoms with E-state index < -0.39 is 24.2 Å². The van der Waals surface area contributed by atoms with Crippen LogP contribution in [0.1, 0.15) is 25.3 Å². The fourth-order valence-corrected chi connectivity index (χ4v) is 2.98. The van der Waals surface area contributed by atoms with Gasteiger partial charge in [-0.15, -0.1) is 0 Å². The van der Waals surface area contributed by atoms with E-state index in [1.54, 1.807) is 31.4 Å². The second-order valence-corrected chi connectivity index (χ2v) is 6.10. The Morgan fingerprint density at radius 1 is 1.24 bits per heavy atom. The fourth-order valence-electron chi connectivity index (χ4n) is 2.98. The molecule has 0 saturated carbocycles. The molecule has 1 heterocycles. The van der Waals surface area contributed by atoms with Gasteiger partial charge in [-0.1, -0.05) is 12.1 Å². The van der Waals surface area contributed by atoms with Crippen LogP contribution in [0, 0.1) is 0 Å². The lowest BCUT2D eigenvalue weighted by Gasteiger charge is -2.40. The third kappa shape index (κ3) is 5.11. The van der Waals surface area contributed by atoms with Gasteiger partial charge in [-0.3, -0.25) is 9.59 Å². The summed E-state index contributed by atoms with van der Waals surface area (Å²) in [6, 6.07) is 4.71. The lowest BCUT2D eigenvalue weighted by Crippen LogP contribution is -2.57. The van der Waals surface area contributed by atoms with Gasteiger partial charge < -0.3 is 15.0 Å². The van der Waals surface area contributed by atoms with Crippen molar-refractivity contribution in [3.05, 3.63) is 29.8 Å². The molecule has 5 nitrogen and oxygen atoms in total. The highest BCUT2D eigenvalue weighted by atomic mass is 19.4. The van der Waals surface area contributed by atoms with Crippen molar-refractivity contribution in [2.75, 3.05) is 13.7 Å². The summed E-state index contributed by atoms with van der Waals surface area (Å²) in [6.07, 6.45) is -4.37. The average molecular weight is 358 g/mol. The van der Waals surface area contributed by atoms with Gasteiger partial charge in [-0.05, 0) is 30.5 Å². The van der Waals surface area contributed by atoms with Crippen molar-refractivity contribution in [1.29, 1.82) is 0 Å². The zero-order valence-electron chi connectivity index (χ0n) is 14.1. The third-order valence-corrected chi connectivity index (χ3v) is 4.25. The number of alkyl halides is 3. The first-order chi connectivity index (χ1) is 11.7. The summed E-state index contributed by atoms with van der Waals surface area (Å²) in [4.78, 5) is 24.5. The van der Waals surface area contributed by atoms with Crippen molar-refractivity contribution in [3.8, 4) is 5.75 Å². The van der Waals surface area contributed by atoms with Crippen LogP contribution in [0.4, 0.5) is 13.2 Å². The molecule has 1 aromatic rings. The fraction of sp³-hybridized carbons (Fsp3) is 0.529. The molecule has 2 rings (SSSR count). The van der Waals surface area contributed by atoms with E-state index in [1.807, 2.05) is 0 Å². The van der Waals surface area contributed by atoms with Gasteiger partial charge in [0.1, 0.15) is 11.8 Å². The number of piperidine rings is 1. The molecule has 2 amide bonds. The lowest BCUT2D eigenvalue weighted by atomic mass is 9.97. The molecule has 1 saturated heterocycles. The van der Waals surface area contributed by atoms with Crippen LogP contribution in [-0.4, -0.2) is 48.6 Å². The summed E-state index contributed by atoms with van der Waals surface area (Å²) in [7, 11) is 1.54. The van der Waals surface area contributed by atoms with Crippen LogP contribution in [0.25, 0.3) is 0 Å². The predicted octanol–water partition coefficient (Wildman–Crippen LogP) is 2.30. The normalized spacial score (nSPS) is 20.9. The van der Waals surface area contributed by atoms with Crippen molar-refractivity contribution >= 4 is 11.8 Å². The van der Waals surface area contributed by atoms with Gasteiger partial charge in [-0.2, -0.15) is 13.2 Å². The number of nitrogens with zero attached hydrogens (tertiary/aromatic N) is 1. The van der Waals surface area contributed by atoms with Gasteiger partial charge in [-0.25, -0.2) is 0 Å². The molecule has 0 spiro atoms. The van der Waals surface area contributed by atoms with Gasteiger partial charge in [0.05, 0.1) is 13.5 Å². The highest BCUT2D eigenvalue weighted by Crippen LogP contribution is 2.32. The van der Waals surface area contributed by atoms with Gasteiger partial charge in [0, 0.05) is 19.5 Å². The number of hydrogen-bond acceptors (Lipinski definition) is 3. The van der Waals surface area contributed by atoms with Gasteiger partial charge in [0.2, 0.25) is 11.8 Å². The number of amides is 2. The van der Waals surface area contributed by atoms with E-state index >= 15 is 0 Å². The zero-order chi connectivity index (χ0) is 18.6. The maximum atomic E-state index is 13.0. The molecule has 25 heavy (non-hydrogen) atoms. The van der Waals surface area contributed by atoms with E-state index in [4.69, 9.17) is 4.74 Å². The van der Waals surface area contributed by atoms with Crippen LogP contribution in [-0.2, 0) is 16.0 Å². The number of halogens is 3. The second kappa shape index (κ2) is 7.76. The number of methoxy groups -OCH3 is 1. The maximum Gasteiger partial charge on any atom is 0.408 e. The predicted molar refractivity (Wildman–Crippen MR) is 85.1 cm³/mol. The Bertz CT molecular complexity index is 617. The highest BCUT2D eigenvalue weighted by molar-refractivity contribution is 5.79. The largest absolute Gasteiger partial charge is 0.497 e. The van der Waals surface area contributed by atoms with E-state index in [1.165, 1.54) is 0 Å². The molecule has 0 radical (unpaired) electrons. The third-order valence-electron chi connectivity index (χ3n) is 4.25. The van der Waals surface area contributed by atoms with Crippen molar-refractivity contribution < 1.29 is 27.5 Å². The summed E-state index contributed by atoms with van der Waals surface area (Å²) in [5.41, 5.74) is 0.769. The number of likely N-dealkylation sites (tertiary alicyclic amines) is 1. The number of carbonyl (C=O) groups is 2. The molecule has 1 aliphatic rings. The second-order valence-electron chi connectivity index (χ2n) is 6.10. The average Bonchev–Trinajstić information content (AvgIpc) is 2.54. The first-order valence-corrected chi connectivity index (χ1v) is 7.97. The minimum absolute atomic E-state index is 0.114. The number of nitrogens with one attached hydrogen (secondary N) is 1. The van der Waals surface area contributed by atoms with E-state index in [-0.39, 0.29) is 31.7 Å². The molecule has 138 valence electrons. The molecule has 0 aromatic heterocycles. The van der Waals surface area contributed by atoms with Crippen molar-refractivity contribution in [2.45, 2.75) is 44.4 Å². The Hall–Kier alpha value is -2.25. The lowest BCUT2D eigenvalue weighted by molar-refractivity contribution is -0.196. The Labute approximate surface area is 144 Å². The van der Waals surface area contributed by atoms with Crippen molar-refractivity contribution in [1.82, 2.24) is 10.2 Å². The Balaban J connectivity index is 1.93. The molecule has 2 atom stereocenters. The first kappa shape index (κ1) is 19.1. The summed E-state index contributed by atoms with van der Waals surface area (Å²) in [5.74, 6) is -0.257. The van der Waals surface area contributed by atoms with Crippen LogP contribution >= 0.6 is 0 Å². The summed E-state index contributed by atoms with van der Waals surface area (Å²) in [6.45, 7) is 0.980. The molecule has 1 aromatic carbocycles. The SMILES string of the molecule is COc1ccc(CC(=O)NC2CCC(C(F)(F)F)N(C(C)=O)C2)cc1. The maximum absolute atomic E-state index is 13.0. The Morgan fingerprint density at radius 3 is 2.40 bits per heavy atom. The minimum atomic E-state index is -4.45. The van der Waals surface area contributed by atoms with Gasteiger partial charge >= 0.3 is 6.18 Å². The van der Waals surface area contributed by atoms with E-state index in [0.717, 1.165) is 17.4 Å². The minimum Gasteiger partial charge on any atom is -0.497 e. The quantitative estimate of drug-likeness (QED) is 0.899. The molecule has 0 bridgehead atoms. The molecular weight excluding hydrogens is 337 g/mol. The highest BCUT2D eigenvalue weighted by Gasteiger charge is 2.47. The Kier molecular flexibility index (Phi) is 5.92. The standard InChI is InChI=1S/C17H21F3N2O3/c1-11(23)22-10-13(5-8-15(22)17(18,19)20)21-16(24)9-12-3-6-14(25-2)7-4-12/h3-4,6-7,13,15H,5,8-10H2,1-2H3,(H,21,24). The summed E-state index contributed by atoms with van der Waals surface area (Å²) in [5, 5.41) is 2.72. The smallest absolute Gasteiger partial charge is 0.408 e. The number of hydrogen-bond donors (Lipinski definition) is 1. The van der Waals surface area contributed by atoms with Gasteiger partial charge in [0.25, 0.3) is 0 Å². The number of carbonyl (C=O) groups excluding carboxylic acids is 2. The number of rotatable bonds is 4. The topological polar surface area (TPSA) is 58.6 Å². The summed E-state index contributed by atoms with van der Waals surface area (Å²) >= 11 is 0.